The van der Waals surface area contributed by atoms with Gasteiger partial charge in [-0.1, -0.05) is 42.5 Å². The molecule has 0 heterocycles. The zero-order chi connectivity index (χ0) is 25.4. The Morgan fingerprint density at radius 1 is 0.971 bits per heavy atom. The zero-order valence-electron chi connectivity index (χ0n) is 18.2. The number of hydrogen-bond acceptors (Lipinski definition) is 5. The van der Waals surface area contributed by atoms with E-state index in [9.17, 15) is 29.6 Å². The molecule has 35 heavy (non-hydrogen) atoms. The van der Waals surface area contributed by atoms with Gasteiger partial charge >= 0.3 is 5.97 Å². The summed E-state index contributed by atoms with van der Waals surface area (Å²) in [6, 6.07) is 19.5. The molecule has 3 N–H and O–H groups in total. The van der Waals surface area contributed by atoms with Crippen LogP contribution in [0.15, 0.2) is 89.0 Å². The zero-order valence-corrected chi connectivity index (χ0v) is 19.8. The van der Waals surface area contributed by atoms with Crippen LogP contribution in [0.1, 0.15) is 21.5 Å². The van der Waals surface area contributed by atoms with Crippen molar-refractivity contribution in [3.8, 4) is 0 Å². The number of non-ortho nitro benzene ring substituents is 1. The summed E-state index contributed by atoms with van der Waals surface area (Å²) in [5, 5.41) is 25.5. The molecule has 10 heteroatoms. The second-order valence-electron chi connectivity index (χ2n) is 7.39. The molecule has 0 saturated carbocycles. The minimum atomic E-state index is -1.26. The Balaban J connectivity index is 1.90. The van der Waals surface area contributed by atoms with Crippen molar-refractivity contribution in [2.75, 3.05) is 0 Å². The molecule has 0 bridgehead atoms. The van der Waals surface area contributed by atoms with Crippen molar-refractivity contribution in [2.45, 2.75) is 12.5 Å². The molecule has 0 radical (unpaired) electrons. The number of rotatable bonds is 9. The van der Waals surface area contributed by atoms with Crippen LogP contribution in [0, 0.1) is 10.1 Å². The molecule has 0 aliphatic heterocycles. The maximum atomic E-state index is 13.1. The number of benzene rings is 3. The van der Waals surface area contributed by atoms with E-state index >= 15 is 0 Å². The third-order valence-corrected chi connectivity index (χ3v) is 5.60. The highest BCUT2D eigenvalue weighted by molar-refractivity contribution is 9.10. The highest BCUT2D eigenvalue weighted by Crippen LogP contribution is 2.18. The molecule has 178 valence electrons. The quantitative estimate of drug-likeness (QED) is 0.214. The molecule has 1 unspecified atom stereocenters. The van der Waals surface area contributed by atoms with Gasteiger partial charge in [-0.25, -0.2) is 4.79 Å². The minimum absolute atomic E-state index is 0.0326. The average Bonchev–Trinajstić information content (AvgIpc) is 2.84. The van der Waals surface area contributed by atoms with Crippen molar-refractivity contribution in [2.24, 2.45) is 0 Å². The molecule has 0 aliphatic rings. The summed E-state index contributed by atoms with van der Waals surface area (Å²) in [4.78, 5) is 48.1. The summed E-state index contributed by atoms with van der Waals surface area (Å²) in [7, 11) is 0. The van der Waals surface area contributed by atoms with Gasteiger partial charge in [0.2, 0.25) is 0 Å². The molecule has 0 aromatic heterocycles. The van der Waals surface area contributed by atoms with Crippen molar-refractivity contribution in [1.29, 1.82) is 0 Å². The molecule has 9 nitrogen and oxygen atoms in total. The number of nitro benzene ring substituents is 1. The van der Waals surface area contributed by atoms with Crippen LogP contribution in [-0.4, -0.2) is 33.9 Å². The Hall–Kier alpha value is -4.31. The van der Waals surface area contributed by atoms with Gasteiger partial charge in [0.15, 0.2) is 0 Å². The lowest BCUT2D eigenvalue weighted by atomic mass is 10.1. The highest BCUT2D eigenvalue weighted by atomic mass is 79.9. The first-order valence-electron chi connectivity index (χ1n) is 10.3. The van der Waals surface area contributed by atoms with Crippen LogP contribution < -0.4 is 10.6 Å². The molecule has 0 saturated heterocycles. The third-order valence-electron chi connectivity index (χ3n) is 4.91. The third kappa shape index (κ3) is 7.08. The number of nitrogens with one attached hydrogen (secondary N) is 2. The van der Waals surface area contributed by atoms with Gasteiger partial charge in [-0.15, -0.1) is 0 Å². The number of carbonyl (C=O) groups is 3. The summed E-state index contributed by atoms with van der Waals surface area (Å²) >= 11 is 3.29. The number of carboxylic acids is 1. The van der Waals surface area contributed by atoms with Crippen molar-refractivity contribution < 1.29 is 24.4 Å². The monoisotopic (exact) mass is 537 g/mol. The number of carbonyl (C=O) groups excluding carboxylic acids is 2. The topological polar surface area (TPSA) is 139 Å². The van der Waals surface area contributed by atoms with Gasteiger partial charge in [0.05, 0.1) is 10.5 Å². The second-order valence-corrected chi connectivity index (χ2v) is 8.25. The summed E-state index contributed by atoms with van der Waals surface area (Å²) < 4.78 is 0.500. The van der Waals surface area contributed by atoms with E-state index in [2.05, 4.69) is 26.6 Å². The van der Waals surface area contributed by atoms with Gasteiger partial charge in [0, 0.05) is 23.0 Å². The van der Waals surface area contributed by atoms with Gasteiger partial charge in [0.25, 0.3) is 17.5 Å². The van der Waals surface area contributed by atoms with Crippen LogP contribution >= 0.6 is 15.9 Å². The van der Waals surface area contributed by atoms with Crippen LogP contribution in [0.2, 0.25) is 0 Å². The number of carboxylic acid groups (broad SMARTS) is 1. The predicted molar refractivity (Wildman–Crippen MR) is 132 cm³/mol. The SMILES string of the molecule is O=C(NC(Cc1ccccc1)C(=O)O)/C(=C/c1ccc([N+](=O)[O-])cc1)NC(=O)c1ccccc1Br. The van der Waals surface area contributed by atoms with E-state index in [0.29, 0.717) is 15.6 Å². The lowest BCUT2D eigenvalue weighted by Gasteiger charge is -2.17. The Labute approximate surface area is 208 Å². The second kappa shape index (κ2) is 11.7. The van der Waals surface area contributed by atoms with Crippen molar-refractivity contribution in [1.82, 2.24) is 10.6 Å². The van der Waals surface area contributed by atoms with Gasteiger partial charge in [-0.05, 0) is 57.4 Å². The Morgan fingerprint density at radius 3 is 2.20 bits per heavy atom. The smallest absolute Gasteiger partial charge is 0.326 e. The van der Waals surface area contributed by atoms with E-state index in [-0.39, 0.29) is 23.4 Å². The Morgan fingerprint density at radius 2 is 1.60 bits per heavy atom. The lowest BCUT2D eigenvalue weighted by molar-refractivity contribution is -0.384. The van der Waals surface area contributed by atoms with Crippen molar-refractivity contribution in [3.63, 3.8) is 0 Å². The standard InChI is InChI=1S/C25H20BrN3O6/c26-20-9-5-4-8-19(20)23(30)27-21(14-17-10-12-18(13-11-17)29(34)35)24(31)28-22(25(32)33)15-16-6-2-1-3-7-16/h1-14,22H,15H2,(H,27,30)(H,28,31)(H,32,33)/b21-14-. The minimum Gasteiger partial charge on any atom is -0.480 e. The van der Waals surface area contributed by atoms with Crippen LogP contribution in [0.5, 0.6) is 0 Å². The van der Waals surface area contributed by atoms with E-state index in [1.54, 1.807) is 54.6 Å². The maximum Gasteiger partial charge on any atom is 0.326 e. The molecule has 3 aromatic carbocycles. The first-order chi connectivity index (χ1) is 16.7. The van der Waals surface area contributed by atoms with Gasteiger partial charge < -0.3 is 15.7 Å². The van der Waals surface area contributed by atoms with E-state index in [1.165, 1.54) is 30.3 Å². The van der Waals surface area contributed by atoms with Crippen LogP contribution in [-0.2, 0) is 16.0 Å². The Bertz CT molecular complexity index is 1280. The number of halogens is 1. The summed E-state index contributed by atoms with van der Waals surface area (Å²) in [6.07, 6.45) is 1.35. The van der Waals surface area contributed by atoms with E-state index < -0.39 is 28.7 Å². The van der Waals surface area contributed by atoms with Gasteiger partial charge in [0.1, 0.15) is 11.7 Å². The molecule has 3 aromatic rings. The van der Waals surface area contributed by atoms with Gasteiger partial charge in [-0.3, -0.25) is 19.7 Å². The highest BCUT2D eigenvalue weighted by Gasteiger charge is 2.24. The van der Waals surface area contributed by atoms with Crippen LogP contribution in [0.25, 0.3) is 6.08 Å². The van der Waals surface area contributed by atoms with E-state index in [4.69, 9.17) is 0 Å². The van der Waals surface area contributed by atoms with Gasteiger partial charge in [-0.2, -0.15) is 0 Å². The number of nitrogens with zero attached hydrogens (tertiary/aromatic N) is 1. The fourth-order valence-corrected chi connectivity index (χ4v) is 3.60. The molecule has 0 fully saturated rings. The summed E-state index contributed by atoms with van der Waals surface area (Å²) in [5.74, 6) is -2.67. The van der Waals surface area contributed by atoms with Crippen LogP contribution in [0.4, 0.5) is 5.69 Å². The molecule has 1 atom stereocenters. The average molecular weight is 538 g/mol. The normalized spacial score (nSPS) is 11.9. The number of nitro groups is 1. The first kappa shape index (κ1) is 25.3. The van der Waals surface area contributed by atoms with E-state index in [1.807, 2.05) is 0 Å². The molecular weight excluding hydrogens is 518 g/mol. The molecular formula is C25H20BrN3O6. The number of hydrogen-bond donors (Lipinski definition) is 3. The Kier molecular flexibility index (Phi) is 8.47. The van der Waals surface area contributed by atoms with E-state index in [0.717, 1.165) is 0 Å². The number of aliphatic carboxylic acids is 1. The fraction of sp³-hybridized carbons (Fsp3) is 0.0800. The molecule has 0 spiro atoms. The summed E-state index contributed by atoms with van der Waals surface area (Å²) in [5.41, 5.74) is 0.994. The van der Waals surface area contributed by atoms with Crippen LogP contribution in [0.3, 0.4) is 0 Å². The first-order valence-corrected chi connectivity index (χ1v) is 11.1. The lowest BCUT2D eigenvalue weighted by Crippen LogP contribution is -2.45. The molecule has 2 amide bonds. The fourth-order valence-electron chi connectivity index (χ4n) is 3.14. The largest absolute Gasteiger partial charge is 0.480 e. The summed E-state index contributed by atoms with van der Waals surface area (Å²) in [6.45, 7) is 0. The maximum absolute atomic E-state index is 13.1. The predicted octanol–water partition coefficient (Wildman–Crippen LogP) is 3.94. The van der Waals surface area contributed by atoms with Crippen molar-refractivity contribution in [3.05, 3.63) is 116 Å². The molecule has 3 rings (SSSR count). The van der Waals surface area contributed by atoms with Crippen molar-refractivity contribution >= 4 is 45.5 Å². The molecule has 0 aliphatic carbocycles. The number of amides is 2.